The van der Waals surface area contributed by atoms with Gasteiger partial charge in [-0.25, -0.2) is 4.85 Å². The Kier molecular flexibility index (Phi) is 3.94. The fraction of sp³-hybridized carbons (Fsp3) is 0.412. The van der Waals surface area contributed by atoms with Gasteiger partial charge in [0.2, 0.25) is 0 Å². The number of unbranched alkanes of at least 4 members (excludes halogenated alkanes) is 1. The smallest absolute Gasteiger partial charge is 0.251 e. The van der Waals surface area contributed by atoms with Crippen LogP contribution in [0.1, 0.15) is 47.6 Å². The molecule has 0 saturated carbocycles. The number of nitrogens with one attached hydrogen (secondary N) is 1. The van der Waals surface area contributed by atoms with E-state index < -0.39 is 0 Å². The molecule has 1 amide bonds. The fourth-order valence-electron chi connectivity index (χ4n) is 2.83. The number of hydrogen-bond acceptors (Lipinski definition) is 1. The third kappa shape index (κ3) is 2.12. The predicted molar refractivity (Wildman–Crippen MR) is 81.6 cm³/mol. The molecule has 3 heteroatoms. The Morgan fingerprint density at radius 1 is 1.25 bits per heavy atom. The first kappa shape index (κ1) is 14.3. The summed E-state index contributed by atoms with van der Waals surface area (Å²) < 4.78 is 0. The summed E-state index contributed by atoms with van der Waals surface area (Å²) in [5.41, 5.74) is 6.67. The minimum atomic E-state index is -0.0202. The third-order valence-corrected chi connectivity index (χ3v) is 4.09. The van der Waals surface area contributed by atoms with Crippen molar-refractivity contribution in [3.63, 3.8) is 0 Å². The Hall–Kier alpha value is -2.08. The molecular formula is C17H20N2O. The molecule has 1 N–H and O–H groups in total. The van der Waals surface area contributed by atoms with Crippen LogP contribution in [0.2, 0.25) is 0 Å². The zero-order chi connectivity index (χ0) is 14.9. The van der Waals surface area contributed by atoms with Crippen molar-refractivity contribution in [2.24, 2.45) is 0 Å². The normalized spacial score (nSPS) is 15.8. The molecule has 20 heavy (non-hydrogen) atoms. The number of benzene rings is 1. The lowest BCUT2D eigenvalue weighted by Gasteiger charge is -2.26. The summed E-state index contributed by atoms with van der Waals surface area (Å²) in [4.78, 5) is 15.8. The van der Waals surface area contributed by atoms with E-state index in [4.69, 9.17) is 6.57 Å². The maximum atomic E-state index is 12.2. The van der Waals surface area contributed by atoms with Crippen LogP contribution in [0, 0.1) is 27.3 Å². The van der Waals surface area contributed by atoms with Gasteiger partial charge in [-0.05, 0) is 49.4 Å². The second kappa shape index (κ2) is 5.50. The summed E-state index contributed by atoms with van der Waals surface area (Å²) in [5, 5.41) is 2.95. The van der Waals surface area contributed by atoms with E-state index in [1.54, 1.807) is 0 Å². The van der Waals surface area contributed by atoms with Gasteiger partial charge in [-0.1, -0.05) is 25.0 Å². The van der Waals surface area contributed by atoms with Crippen LogP contribution in [-0.4, -0.2) is 5.91 Å². The number of fused-ring (bicyclic) bond motifs is 1. The first-order valence-corrected chi connectivity index (χ1v) is 7.01. The minimum Gasteiger partial charge on any atom is -0.348 e. The molecule has 3 nitrogen and oxygen atoms in total. The van der Waals surface area contributed by atoms with E-state index in [2.05, 4.69) is 17.1 Å². The maximum Gasteiger partial charge on any atom is 0.251 e. The molecule has 1 heterocycles. The molecule has 0 unspecified atom stereocenters. The van der Waals surface area contributed by atoms with Crippen LogP contribution in [0.3, 0.4) is 0 Å². The van der Waals surface area contributed by atoms with Gasteiger partial charge in [-0.2, -0.15) is 0 Å². The van der Waals surface area contributed by atoms with E-state index in [1.165, 1.54) is 0 Å². The molecule has 0 aliphatic carbocycles. The van der Waals surface area contributed by atoms with Gasteiger partial charge in [-0.15, -0.1) is 0 Å². The lowest BCUT2D eigenvalue weighted by molar-refractivity contribution is -0.116. The van der Waals surface area contributed by atoms with E-state index in [-0.39, 0.29) is 5.91 Å². The van der Waals surface area contributed by atoms with Gasteiger partial charge in [0, 0.05) is 12.1 Å². The first-order chi connectivity index (χ1) is 9.52. The number of amides is 1. The predicted octanol–water partition coefficient (Wildman–Crippen LogP) is 3.98. The van der Waals surface area contributed by atoms with Gasteiger partial charge >= 0.3 is 0 Å². The van der Waals surface area contributed by atoms with Crippen LogP contribution in [0.5, 0.6) is 0 Å². The second-order valence-electron chi connectivity index (χ2n) is 5.28. The van der Waals surface area contributed by atoms with Crippen LogP contribution >= 0.6 is 0 Å². The second-order valence-corrected chi connectivity index (χ2v) is 5.28. The lowest BCUT2D eigenvalue weighted by atomic mass is 9.84. The van der Waals surface area contributed by atoms with Crippen molar-refractivity contribution in [2.75, 3.05) is 0 Å². The van der Waals surface area contributed by atoms with Crippen molar-refractivity contribution >= 4 is 17.2 Å². The number of carbonyl (C=O) groups excluding carboxylic acids is 1. The Bertz CT molecular complexity index is 644. The molecule has 1 aromatic rings. The maximum absolute atomic E-state index is 12.2. The van der Waals surface area contributed by atoms with Gasteiger partial charge in [0.05, 0.1) is 6.57 Å². The molecule has 0 radical (unpaired) electrons. The van der Waals surface area contributed by atoms with Crippen molar-refractivity contribution in [1.29, 1.82) is 0 Å². The first-order valence-electron chi connectivity index (χ1n) is 7.01. The highest BCUT2D eigenvalue weighted by Crippen LogP contribution is 2.38. The molecule has 0 atom stereocenters. The molecule has 1 aromatic carbocycles. The number of nitrogens with zero attached hydrogens (tertiary/aromatic N) is 1. The van der Waals surface area contributed by atoms with Crippen LogP contribution in [0.25, 0.3) is 10.4 Å². The number of carbonyl (C=O) groups is 1. The highest BCUT2D eigenvalue weighted by Gasteiger charge is 2.26. The van der Waals surface area contributed by atoms with E-state index in [1.807, 2.05) is 26.8 Å². The van der Waals surface area contributed by atoms with Crippen molar-refractivity contribution in [3.05, 3.63) is 45.3 Å². The summed E-state index contributed by atoms with van der Waals surface area (Å²) in [5.74, 6) is -0.0202. The summed E-state index contributed by atoms with van der Waals surface area (Å²) in [6, 6.07) is 0. The molecule has 0 aromatic heterocycles. The molecule has 0 fully saturated rings. The molecule has 104 valence electrons. The number of rotatable bonds is 2. The summed E-state index contributed by atoms with van der Waals surface area (Å²) in [6.07, 6.45) is 3.89. The van der Waals surface area contributed by atoms with E-state index in [0.717, 1.165) is 46.2 Å². The summed E-state index contributed by atoms with van der Waals surface area (Å²) in [7, 11) is 0. The topological polar surface area (TPSA) is 33.5 Å². The van der Waals surface area contributed by atoms with Gasteiger partial charge in [-0.3, -0.25) is 4.79 Å². The molecule has 0 spiro atoms. The van der Waals surface area contributed by atoms with E-state index in [0.29, 0.717) is 12.2 Å². The van der Waals surface area contributed by atoms with Crippen LogP contribution in [0.15, 0.2) is 6.08 Å². The molecule has 0 bridgehead atoms. The lowest BCUT2D eigenvalue weighted by Crippen LogP contribution is -2.31. The van der Waals surface area contributed by atoms with Gasteiger partial charge in [0.1, 0.15) is 0 Å². The quantitative estimate of drug-likeness (QED) is 0.639. The molecule has 2 rings (SSSR count). The standard InChI is InChI=1S/C17H20N2O/c1-6-7-8-13-15-12(4)16(18-5)11(3)10(2)14(15)9-19-17(13)20/h8H,6-7,9H2,1-4H3,(H,19,20)/b13-8-. The van der Waals surface area contributed by atoms with Crippen LogP contribution in [-0.2, 0) is 11.3 Å². The average Bonchev–Trinajstić information content (AvgIpc) is 2.44. The van der Waals surface area contributed by atoms with E-state index in [9.17, 15) is 4.79 Å². The van der Waals surface area contributed by atoms with Gasteiger partial charge in [0.25, 0.3) is 5.91 Å². The van der Waals surface area contributed by atoms with Crippen molar-refractivity contribution in [1.82, 2.24) is 5.32 Å². The molecule has 1 aliphatic heterocycles. The van der Waals surface area contributed by atoms with Gasteiger partial charge in [0.15, 0.2) is 5.69 Å². The molecule has 0 saturated heterocycles. The molecule has 1 aliphatic rings. The highest BCUT2D eigenvalue weighted by atomic mass is 16.1. The Morgan fingerprint density at radius 2 is 1.95 bits per heavy atom. The van der Waals surface area contributed by atoms with Crippen LogP contribution < -0.4 is 5.32 Å². The van der Waals surface area contributed by atoms with Crippen molar-refractivity contribution < 1.29 is 4.79 Å². The monoisotopic (exact) mass is 268 g/mol. The van der Waals surface area contributed by atoms with E-state index >= 15 is 0 Å². The molecular weight excluding hydrogens is 248 g/mol. The largest absolute Gasteiger partial charge is 0.348 e. The Balaban J connectivity index is 2.78. The highest BCUT2D eigenvalue weighted by molar-refractivity contribution is 6.21. The summed E-state index contributed by atoms with van der Waals surface area (Å²) in [6.45, 7) is 16.0. The SMILES string of the molecule is [C-]#[N+]c1c(C)c(C)c2c(c1C)/C(=C/CCC)C(=O)NC2. The van der Waals surface area contributed by atoms with Crippen LogP contribution in [0.4, 0.5) is 5.69 Å². The summed E-state index contributed by atoms with van der Waals surface area (Å²) >= 11 is 0. The third-order valence-electron chi connectivity index (χ3n) is 4.09. The Labute approximate surface area is 120 Å². The zero-order valence-corrected chi connectivity index (χ0v) is 12.6. The average molecular weight is 268 g/mol. The Morgan fingerprint density at radius 3 is 2.55 bits per heavy atom. The number of allylic oxidation sites excluding steroid dienone is 1. The minimum absolute atomic E-state index is 0.0202. The van der Waals surface area contributed by atoms with Crippen molar-refractivity contribution in [3.8, 4) is 0 Å². The van der Waals surface area contributed by atoms with Crippen molar-refractivity contribution in [2.45, 2.75) is 47.1 Å². The number of hydrogen-bond donors (Lipinski definition) is 1. The zero-order valence-electron chi connectivity index (χ0n) is 12.6. The van der Waals surface area contributed by atoms with Gasteiger partial charge < -0.3 is 5.32 Å². The fourth-order valence-corrected chi connectivity index (χ4v) is 2.83.